The highest BCUT2D eigenvalue weighted by atomic mass is 19.4. The van der Waals surface area contributed by atoms with Crippen molar-refractivity contribution in [3.05, 3.63) is 12.7 Å². The number of rotatable bonds is 5. The Balaban J connectivity index is 4.26. The number of halogens is 3. The predicted molar refractivity (Wildman–Crippen MR) is 53.0 cm³/mol. The van der Waals surface area contributed by atoms with Crippen molar-refractivity contribution in [2.24, 2.45) is 17.8 Å². The van der Waals surface area contributed by atoms with Gasteiger partial charge >= 0.3 is 6.18 Å². The van der Waals surface area contributed by atoms with Gasteiger partial charge in [-0.05, 0) is 18.3 Å². The van der Waals surface area contributed by atoms with Gasteiger partial charge in [-0.15, -0.1) is 6.58 Å². The van der Waals surface area contributed by atoms with Gasteiger partial charge < -0.3 is 0 Å². The Kier molecular flexibility index (Phi) is 5.24. The molecule has 0 saturated carbocycles. The quantitative estimate of drug-likeness (QED) is 0.586. The molecule has 14 heavy (non-hydrogen) atoms. The Hall–Kier alpha value is -0.470. The summed E-state index contributed by atoms with van der Waals surface area (Å²) in [4.78, 5) is 0. The van der Waals surface area contributed by atoms with Gasteiger partial charge in [0.05, 0.1) is 5.92 Å². The third-order valence-electron chi connectivity index (χ3n) is 2.95. The lowest BCUT2D eigenvalue weighted by Gasteiger charge is -2.24. The molecule has 0 aromatic rings. The molecule has 84 valence electrons. The van der Waals surface area contributed by atoms with E-state index in [-0.39, 0.29) is 12.3 Å². The second-order valence-electron chi connectivity index (χ2n) is 3.98. The van der Waals surface area contributed by atoms with Crippen molar-refractivity contribution in [3.63, 3.8) is 0 Å². The molecule has 3 atom stereocenters. The molecule has 0 aliphatic rings. The molecule has 0 rings (SSSR count). The Labute approximate surface area is 84.2 Å². The van der Waals surface area contributed by atoms with Crippen LogP contribution in [0.15, 0.2) is 12.7 Å². The highest BCUT2D eigenvalue weighted by Gasteiger charge is 2.38. The molecule has 3 unspecified atom stereocenters. The van der Waals surface area contributed by atoms with Crippen LogP contribution >= 0.6 is 0 Å². The van der Waals surface area contributed by atoms with Crippen molar-refractivity contribution in [2.75, 3.05) is 0 Å². The second-order valence-corrected chi connectivity index (χ2v) is 3.98. The predicted octanol–water partition coefficient (Wildman–Crippen LogP) is 4.42. The van der Waals surface area contributed by atoms with E-state index in [1.165, 1.54) is 0 Å². The molecule has 0 N–H and O–H groups in total. The molecule has 0 aromatic carbocycles. The van der Waals surface area contributed by atoms with Crippen LogP contribution in [0.5, 0.6) is 0 Å². The molecule has 0 aliphatic heterocycles. The van der Waals surface area contributed by atoms with Crippen LogP contribution in [-0.4, -0.2) is 6.18 Å². The van der Waals surface area contributed by atoms with Crippen molar-refractivity contribution in [3.8, 4) is 0 Å². The average molecular weight is 208 g/mol. The summed E-state index contributed by atoms with van der Waals surface area (Å²) in [5, 5.41) is 0. The maximum atomic E-state index is 12.4. The Bertz CT molecular complexity index is 172. The fourth-order valence-electron chi connectivity index (χ4n) is 1.40. The summed E-state index contributed by atoms with van der Waals surface area (Å²) in [6, 6.07) is 0. The van der Waals surface area contributed by atoms with Gasteiger partial charge in [-0.1, -0.05) is 33.3 Å². The van der Waals surface area contributed by atoms with Crippen molar-refractivity contribution in [2.45, 2.75) is 39.8 Å². The van der Waals surface area contributed by atoms with Crippen molar-refractivity contribution in [1.29, 1.82) is 0 Å². The second kappa shape index (κ2) is 5.42. The smallest absolute Gasteiger partial charge is 0.170 e. The van der Waals surface area contributed by atoms with Crippen LogP contribution in [-0.2, 0) is 0 Å². The maximum absolute atomic E-state index is 12.4. The van der Waals surface area contributed by atoms with Crippen LogP contribution in [0, 0.1) is 17.8 Å². The SMILES string of the molecule is C=CC(CC(C)C(C)CC)C(F)(F)F. The molecule has 0 spiro atoms. The van der Waals surface area contributed by atoms with Crippen LogP contribution in [0.3, 0.4) is 0 Å². The fourth-order valence-corrected chi connectivity index (χ4v) is 1.40. The third kappa shape index (κ3) is 4.16. The lowest BCUT2D eigenvalue weighted by molar-refractivity contribution is -0.165. The minimum absolute atomic E-state index is 0.0876. The Morgan fingerprint density at radius 3 is 2.00 bits per heavy atom. The van der Waals surface area contributed by atoms with E-state index in [0.717, 1.165) is 12.5 Å². The normalized spacial score (nSPS) is 18.7. The van der Waals surface area contributed by atoms with E-state index in [1.54, 1.807) is 0 Å². The summed E-state index contributed by atoms with van der Waals surface area (Å²) in [7, 11) is 0. The van der Waals surface area contributed by atoms with E-state index < -0.39 is 12.1 Å². The van der Waals surface area contributed by atoms with E-state index in [0.29, 0.717) is 5.92 Å². The summed E-state index contributed by atoms with van der Waals surface area (Å²) in [6.07, 6.45) is -2.05. The molecule has 0 aliphatic carbocycles. The molecule has 0 nitrogen and oxygen atoms in total. The van der Waals surface area contributed by atoms with E-state index in [2.05, 4.69) is 6.58 Å². The Morgan fingerprint density at radius 2 is 1.71 bits per heavy atom. The lowest BCUT2D eigenvalue weighted by atomic mass is 9.85. The monoisotopic (exact) mass is 208 g/mol. The molecule has 0 amide bonds. The van der Waals surface area contributed by atoms with E-state index in [4.69, 9.17) is 0 Å². The molecule has 0 aromatic heterocycles. The minimum Gasteiger partial charge on any atom is -0.170 e. The first-order valence-electron chi connectivity index (χ1n) is 5.02. The molecule has 0 saturated heterocycles. The molecule has 0 radical (unpaired) electrons. The highest BCUT2D eigenvalue weighted by molar-refractivity contribution is 4.86. The van der Waals surface area contributed by atoms with Crippen molar-refractivity contribution >= 4 is 0 Å². The molecule has 0 bridgehead atoms. The van der Waals surface area contributed by atoms with Crippen LogP contribution in [0.25, 0.3) is 0 Å². The van der Waals surface area contributed by atoms with Gasteiger partial charge in [-0.2, -0.15) is 13.2 Å². The number of allylic oxidation sites excluding steroid dienone is 1. The minimum atomic E-state index is -4.14. The summed E-state index contributed by atoms with van der Waals surface area (Å²) in [5.74, 6) is -0.934. The number of hydrogen-bond acceptors (Lipinski definition) is 0. The standard InChI is InChI=1S/C11H19F3/c1-5-8(3)9(4)7-10(6-2)11(12,13)14/h6,8-10H,2,5,7H2,1,3-4H3. The molecular weight excluding hydrogens is 189 g/mol. The first kappa shape index (κ1) is 13.5. The van der Waals surface area contributed by atoms with Crippen LogP contribution < -0.4 is 0 Å². The fraction of sp³-hybridized carbons (Fsp3) is 0.818. The van der Waals surface area contributed by atoms with Gasteiger partial charge in [0, 0.05) is 0 Å². The maximum Gasteiger partial charge on any atom is 0.395 e. The molecule has 0 heterocycles. The van der Waals surface area contributed by atoms with E-state index in [1.807, 2.05) is 20.8 Å². The lowest BCUT2D eigenvalue weighted by Crippen LogP contribution is -2.24. The summed E-state index contributed by atoms with van der Waals surface area (Å²) >= 11 is 0. The Morgan fingerprint density at radius 1 is 1.21 bits per heavy atom. The first-order chi connectivity index (χ1) is 6.32. The molecule has 3 heteroatoms. The van der Waals surface area contributed by atoms with Gasteiger partial charge in [0.15, 0.2) is 0 Å². The van der Waals surface area contributed by atoms with Crippen molar-refractivity contribution < 1.29 is 13.2 Å². The van der Waals surface area contributed by atoms with E-state index >= 15 is 0 Å². The summed E-state index contributed by atoms with van der Waals surface area (Å²) < 4.78 is 37.1. The third-order valence-corrected chi connectivity index (χ3v) is 2.95. The zero-order chi connectivity index (χ0) is 11.4. The largest absolute Gasteiger partial charge is 0.395 e. The van der Waals surface area contributed by atoms with Gasteiger partial charge in [0.25, 0.3) is 0 Å². The molecule has 0 fully saturated rings. The number of hydrogen-bond donors (Lipinski definition) is 0. The van der Waals surface area contributed by atoms with Gasteiger partial charge in [0.1, 0.15) is 0 Å². The highest BCUT2D eigenvalue weighted by Crippen LogP contribution is 2.34. The summed E-state index contributed by atoms with van der Waals surface area (Å²) in [6.45, 7) is 9.10. The summed E-state index contributed by atoms with van der Waals surface area (Å²) in [5.41, 5.74) is 0. The topological polar surface area (TPSA) is 0 Å². The van der Waals surface area contributed by atoms with Crippen molar-refractivity contribution in [1.82, 2.24) is 0 Å². The van der Waals surface area contributed by atoms with Gasteiger partial charge in [-0.25, -0.2) is 0 Å². The first-order valence-corrected chi connectivity index (χ1v) is 5.02. The molecular formula is C11H19F3. The number of alkyl halides is 3. The van der Waals surface area contributed by atoms with Crippen LogP contribution in [0.4, 0.5) is 13.2 Å². The van der Waals surface area contributed by atoms with Gasteiger partial charge in [0.2, 0.25) is 0 Å². The zero-order valence-electron chi connectivity index (χ0n) is 9.06. The zero-order valence-corrected chi connectivity index (χ0v) is 9.06. The van der Waals surface area contributed by atoms with E-state index in [9.17, 15) is 13.2 Å². The van der Waals surface area contributed by atoms with Gasteiger partial charge in [-0.3, -0.25) is 0 Å². The van der Waals surface area contributed by atoms with Crippen LogP contribution in [0.2, 0.25) is 0 Å². The van der Waals surface area contributed by atoms with Crippen LogP contribution in [0.1, 0.15) is 33.6 Å². The average Bonchev–Trinajstić information content (AvgIpc) is 2.10.